The Morgan fingerprint density at radius 1 is 1.10 bits per heavy atom. The Morgan fingerprint density at radius 3 is 2.50 bits per heavy atom. The number of aromatic nitrogens is 3. The lowest BCUT2D eigenvalue weighted by Gasteiger charge is -2.32. The predicted molar refractivity (Wildman–Crippen MR) is 146 cm³/mol. The highest BCUT2D eigenvalue weighted by Gasteiger charge is 2.44. The number of rotatable bonds is 7. The van der Waals surface area contributed by atoms with E-state index < -0.39 is 30.2 Å². The summed E-state index contributed by atoms with van der Waals surface area (Å²) >= 11 is 13.1. The van der Waals surface area contributed by atoms with E-state index in [1.165, 1.54) is 18.2 Å². The topological polar surface area (TPSA) is 107 Å². The van der Waals surface area contributed by atoms with Gasteiger partial charge in [-0.1, -0.05) is 35.3 Å². The first-order chi connectivity index (χ1) is 20.0. The van der Waals surface area contributed by atoms with E-state index in [2.05, 4.69) is 10.2 Å². The van der Waals surface area contributed by atoms with Gasteiger partial charge in [-0.3, -0.25) is 14.2 Å². The van der Waals surface area contributed by atoms with Crippen molar-refractivity contribution in [2.24, 2.45) is 5.92 Å². The molecule has 3 aromatic rings. The summed E-state index contributed by atoms with van der Waals surface area (Å²) < 4.78 is 55.6. The summed E-state index contributed by atoms with van der Waals surface area (Å²) in [7, 11) is 0. The number of carboxylic acids is 1. The second-order valence-electron chi connectivity index (χ2n) is 10.1. The van der Waals surface area contributed by atoms with Gasteiger partial charge in [0.25, 0.3) is 0 Å². The van der Waals surface area contributed by atoms with E-state index in [0.717, 1.165) is 4.57 Å². The van der Waals surface area contributed by atoms with Crippen molar-refractivity contribution in [3.63, 3.8) is 0 Å². The van der Waals surface area contributed by atoms with Gasteiger partial charge in [-0.05, 0) is 49.9 Å². The van der Waals surface area contributed by atoms with Crippen LogP contribution in [-0.2, 0) is 20.5 Å². The van der Waals surface area contributed by atoms with Crippen molar-refractivity contribution < 1.29 is 37.3 Å². The number of carbonyl (C=O) groups is 2. The molecule has 0 aliphatic carbocycles. The number of carboxylic acid groups (broad SMARTS) is 1. The molecule has 5 rings (SSSR count). The van der Waals surface area contributed by atoms with E-state index in [-0.39, 0.29) is 51.8 Å². The number of carbonyl (C=O) groups excluding carboxylic acids is 1. The van der Waals surface area contributed by atoms with Gasteiger partial charge in [-0.15, -0.1) is 10.2 Å². The summed E-state index contributed by atoms with van der Waals surface area (Å²) in [5, 5.41) is 16.9. The SMILES string of the molecule is CCOc1cccc([C@H]2O[C@H](CC(=O)N3CCC(CC(=O)O)CC3)c3nnc(C(F)(F)F)n3-c3ccc(Cl)cc32)c1Cl. The first-order valence-corrected chi connectivity index (χ1v) is 14.1. The van der Waals surface area contributed by atoms with Crippen molar-refractivity contribution in [2.45, 2.75) is 51.0 Å². The molecule has 1 amide bonds. The van der Waals surface area contributed by atoms with Crippen LogP contribution in [0.2, 0.25) is 10.0 Å². The van der Waals surface area contributed by atoms with Crippen LogP contribution in [0.25, 0.3) is 5.69 Å². The number of halogens is 5. The van der Waals surface area contributed by atoms with Gasteiger partial charge in [0.2, 0.25) is 11.7 Å². The molecule has 1 N–H and O–H groups in total. The summed E-state index contributed by atoms with van der Waals surface area (Å²) in [6.07, 6.45) is -6.47. The number of hydrogen-bond donors (Lipinski definition) is 1. The quantitative estimate of drug-likeness (QED) is 0.330. The summed E-state index contributed by atoms with van der Waals surface area (Å²) in [4.78, 5) is 26.1. The van der Waals surface area contributed by atoms with Gasteiger partial charge in [0, 0.05) is 35.7 Å². The predicted octanol–water partition coefficient (Wildman–Crippen LogP) is 6.26. The van der Waals surface area contributed by atoms with Crippen LogP contribution in [0.5, 0.6) is 5.75 Å². The van der Waals surface area contributed by atoms with Crippen molar-refractivity contribution in [3.05, 3.63) is 69.2 Å². The number of hydrogen-bond acceptors (Lipinski definition) is 6. The Morgan fingerprint density at radius 2 is 1.83 bits per heavy atom. The van der Waals surface area contributed by atoms with Crippen molar-refractivity contribution in [1.82, 2.24) is 19.7 Å². The molecule has 0 saturated carbocycles. The highest BCUT2D eigenvalue weighted by Crippen LogP contribution is 2.46. The molecule has 1 fully saturated rings. The monoisotopic (exact) mass is 626 g/mol. The lowest BCUT2D eigenvalue weighted by molar-refractivity contribution is -0.146. The largest absolute Gasteiger partial charge is 0.492 e. The molecule has 0 unspecified atom stereocenters. The van der Waals surface area contributed by atoms with E-state index >= 15 is 0 Å². The molecular weight excluding hydrogens is 600 g/mol. The maximum absolute atomic E-state index is 14.2. The van der Waals surface area contributed by atoms with Crippen LogP contribution in [0.4, 0.5) is 13.2 Å². The molecule has 0 radical (unpaired) electrons. The highest BCUT2D eigenvalue weighted by molar-refractivity contribution is 6.33. The smallest absolute Gasteiger partial charge is 0.452 e. The zero-order valence-corrected chi connectivity index (χ0v) is 23.9. The third-order valence-corrected chi connectivity index (χ3v) is 8.05. The molecule has 224 valence electrons. The Hall–Kier alpha value is -3.35. The van der Waals surface area contributed by atoms with E-state index in [0.29, 0.717) is 43.9 Å². The molecule has 0 spiro atoms. The lowest BCUT2D eigenvalue weighted by atomic mass is 9.93. The third-order valence-electron chi connectivity index (χ3n) is 7.41. The van der Waals surface area contributed by atoms with Crippen LogP contribution in [0.1, 0.15) is 67.6 Å². The normalized spacial score (nSPS) is 19.1. The van der Waals surface area contributed by atoms with Crippen molar-refractivity contribution >= 4 is 35.1 Å². The van der Waals surface area contributed by atoms with Gasteiger partial charge in [-0.2, -0.15) is 13.2 Å². The fraction of sp³-hybridized carbons (Fsp3) is 0.429. The molecule has 0 bridgehead atoms. The molecule has 2 atom stereocenters. The van der Waals surface area contributed by atoms with Crippen LogP contribution in [0.3, 0.4) is 0 Å². The number of amides is 1. The summed E-state index contributed by atoms with van der Waals surface area (Å²) in [5.41, 5.74) is 0.762. The zero-order chi connectivity index (χ0) is 30.2. The maximum atomic E-state index is 14.2. The number of fused-ring (bicyclic) bond motifs is 3. The van der Waals surface area contributed by atoms with Gasteiger partial charge in [0.05, 0.1) is 23.7 Å². The molecule has 14 heteroatoms. The standard InChI is InChI=1S/C28H27Cl2F3N4O5/c1-2-41-20-5-3-4-17(24(20)30)25-18-13-16(29)6-7-19(18)37-26(34-35-27(37)28(31,32)33)21(42-25)14-22(38)36-10-8-15(9-11-36)12-23(39)40/h3-7,13,15,21,25H,2,8-12,14H2,1H3,(H,39,40)/t21-,25-/m1/s1. The third kappa shape index (κ3) is 6.06. The second kappa shape index (κ2) is 12.1. The van der Waals surface area contributed by atoms with E-state index in [1.807, 2.05) is 0 Å². The summed E-state index contributed by atoms with van der Waals surface area (Å²) in [6.45, 7) is 2.77. The number of likely N-dealkylation sites (tertiary alicyclic amines) is 1. The second-order valence-corrected chi connectivity index (χ2v) is 11.0. The van der Waals surface area contributed by atoms with Crippen LogP contribution < -0.4 is 4.74 Å². The minimum absolute atomic E-state index is 0.0150. The summed E-state index contributed by atoms with van der Waals surface area (Å²) in [5.74, 6) is -2.43. The lowest BCUT2D eigenvalue weighted by Crippen LogP contribution is -2.39. The van der Waals surface area contributed by atoms with Crippen molar-refractivity contribution in [1.29, 1.82) is 0 Å². The Kier molecular flexibility index (Phi) is 8.68. The molecule has 42 heavy (non-hydrogen) atoms. The molecule has 1 saturated heterocycles. The van der Waals surface area contributed by atoms with Crippen LogP contribution in [-0.4, -0.2) is 56.3 Å². The fourth-order valence-corrected chi connectivity index (χ4v) is 5.92. The number of nitrogens with zero attached hydrogens (tertiary/aromatic N) is 4. The molecular formula is C28H27Cl2F3N4O5. The van der Waals surface area contributed by atoms with Crippen molar-refractivity contribution in [2.75, 3.05) is 19.7 Å². The minimum atomic E-state index is -4.87. The molecule has 3 heterocycles. The Balaban J connectivity index is 1.57. The van der Waals surface area contributed by atoms with Gasteiger partial charge >= 0.3 is 12.1 Å². The zero-order valence-electron chi connectivity index (χ0n) is 22.4. The minimum Gasteiger partial charge on any atom is -0.492 e. The van der Waals surface area contributed by atoms with Crippen LogP contribution in [0.15, 0.2) is 36.4 Å². The number of aliphatic carboxylic acids is 1. The molecule has 2 aliphatic heterocycles. The first kappa shape index (κ1) is 30.1. The molecule has 9 nitrogen and oxygen atoms in total. The molecule has 2 aromatic carbocycles. The van der Waals surface area contributed by atoms with Crippen LogP contribution >= 0.6 is 23.2 Å². The van der Waals surface area contributed by atoms with E-state index in [9.17, 15) is 22.8 Å². The van der Waals surface area contributed by atoms with E-state index in [4.69, 9.17) is 37.8 Å². The maximum Gasteiger partial charge on any atom is 0.452 e. The average Bonchev–Trinajstić information content (AvgIpc) is 3.34. The first-order valence-electron chi connectivity index (χ1n) is 13.4. The fourth-order valence-electron chi connectivity index (χ4n) is 5.46. The van der Waals surface area contributed by atoms with Gasteiger partial charge in [-0.25, -0.2) is 0 Å². The number of alkyl halides is 3. The summed E-state index contributed by atoms with van der Waals surface area (Å²) in [6, 6.07) is 9.39. The molecule has 1 aromatic heterocycles. The molecule has 2 aliphatic rings. The van der Waals surface area contributed by atoms with Gasteiger partial charge < -0.3 is 19.5 Å². The number of ether oxygens (including phenoxy) is 2. The van der Waals surface area contributed by atoms with Crippen LogP contribution in [0, 0.1) is 5.92 Å². The number of benzene rings is 2. The average molecular weight is 627 g/mol. The van der Waals surface area contributed by atoms with Gasteiger partial charge in [0.1, 0.15) is 18.0 Å². The van der Waals surface area contributed by atoms with Crippen molar-refractivity contribution in [3.8, 4) is 11.4 Å². The Bertz CT molecular complexity index is 1490. The highest BCUT2D eigenvalue weighted by atomic mass is 35.5. The number of piperidine rings is 1. The Labute approximate surface area is 249 Å². The van der Waals surface area contributed by atoms with E-state index in [1.54, 1.807) is 30.0 Å². The van der Waals surface area contributed by atoms with Gasteiger partial charge in [0.15, 0.2) is 5.82 Å².